The number of carbonyl (C=O) groups excluding carboxylic acids is 17. The zero-order valence-corrected chi connectivity index (χ0v) is 91.3. The monoisotopic (exact) mass is 2070 g/mol. The average Bonchev–Trinajstić information content (AvgIpc) is 0.841. The first-order valence-corrected chi connectivity index (χ1v) is 54.2. The number of carbonyl (C=O) groups is 17. The maximum Gasteiger partial charge on any atom is 0.243 e. The van der Waals surface area contributed by atoms with Crippen LogP contribution in [0.1, 0.15) is 336 Å². The van der Waals surface area contributed by atoms with Gasteiger partial charge in [-0.15, -0.1) is 0 Å². The van der Waals surface area contributed by atoms with E-state index in [9.17, 15) is 62.3 Å². The van der Waals surface area contributed by atoms with E-state index in [2.05, 4.69) is 85.1 Å². The molecular weight excluding hydrogens is 1880 g/mol. The second-order valence-electron chi connectivity index (χ2n) is 42.6. The molecule has 0 bridgehead atoms. The van der Waals surface area contributed by atoms with Crippen LogP contribution >= 0.6 is 0 Å². The zero-order chi connectivity index (χ0) is 111. The van der Waals surface area contributed by atoms with Crippen LogP contribution in [0.4, 0.5) is 0 Å². The van der Waals surface area contributed by atoms with E-state index < -0.39 is 203 Å². The molecule has 0 aliphatic heterocycles. The Bertz CT molecular complexity index is 3790. The summed E-state index contributed by atoms with van der Waals surface area (Å²) in [6.07, 6.45) is 9.39. The highest BCUT2D eigenvalue weighted by Gasteiger charge is 2.41. The lowest BCUT2D eigenvalue weighted by molar-refractivity contribution is -0.137. The second kappa shape index (κ2) is 78.8. The summed E-state index contributed by atoms with van der Waals surface area (Å²) in [6, 6.07) is -21.1. The van der Waals surface area contributed by atoms with Crippen molar-refractivity contribution < 1.29 is 81.5 Å². The largest absolute Gasteiger partial charge is 0.368 e. The summed E-state index contributed by atoms with van der Waals surface area (Å²) < 4.78 is 0. The van der Waals surface area contributed by atoms with Crippen molar-refractivity contribution in [2.75, 3.05) is 58.9 Å². The van der Waals surface area contributed by atoms with E-state index in [0.29, 0.717) is 142 Å². The first kappa shape index (κ1) is 137. The van der Waals surface area contributed by atoms with Crippen LogP contribution < -0.4 is 148 Å². The molecule has 0 unspecified atom stereocenters. The van der Waals surface area contributed by atoms with E-state index in [1.807, 2.05) is 111 Å². The van der Waals surface area contributed by atoms with Crippen LogP contribution in [0.3, 0.4) is 0 Å². The van der Waals surface area contributed by atoms with Crippen molar-refractivity contribution in [1.82, 2.24) is 85.1 Å². The lowest BCUT2D eigenvalue weighted by atomic mass is 9.98. The highest BCUT2D eigenvalue weighted by molar-refractivity contribution is 6.01. The van der Waals surface area contributed by atoms with Gasteiger partial charge in [-0.3, -0.25) is 81.5 Å². The number of unbranched alkanes of at least 4 members (excludes halogenated alkanes) is 9. The third kappa shape index (κ3) is 60.3. The van der Waals surface area contributed by atoms with Gasteiger partial charge < -0.3 is 148 Å². The molecule has 0 aromatic rings. The minimum absolute atomic E-state index is 0.000259. The third-order valence-corrected chi connectivity index (χ3v) is 24.7. The molecule has 0 radical (unpaired) electrons. The lowest BCUT2D eigenvalue weighted by Crippen LogP contribution is -2.61. The minimum atomic E-state index is -1.36. The topological polar surface area (TPSA) is 769 Å². The predicted molar refractivity (Wildman–Crippen MR) is 570 cm³/mol. The summed E-state index contributed by atoms with van der Waals surface area (Å²) in [7, 11) is 0. The molecule has 0 aliphatic carbocycles. The van der Waals surface area contributed by atoms with Gasteiger partial charge in [0.25, 0.3) is 0 Å². The molecule has 0 rings (SSSR count). The Hall–Kier alpha value is -9.41. The van der Waals surface area contributed by atoms with Crippen LogP contribution in [0.25, 0.3) is 0 Å². The molecule has 146 heavy (non-hydrogen) atoms. The van der Waals surface area contributed by atoms with Crippen molar-refractivity contribution in [3.63, 3.8) is 0 Å². The van der Waals surface area contributed by atoms with Gasteiger partial charge in [-0.1, -0.05) is 117 Å². The summed E-state index contributed by atoms with van der Waals surface area (Å²) in [4.78, 5) is 247. The average molecular weight is 2080 g/mol. The van der Waals surface area contributed by atoms with Crippen LogP contribution in [-0.2, 0) is 81.5 Å². The summed E-state index contributed by atoms with van der Waals surface area (Å²) in [5.41, 5.74) is 64.8. The Morgan fingerprint density at radius 1 is 0.151 bits per heavy atom. The van der Waals surface area contributed by atoms with Crippen molar-refractivity contribution in [3.8, 4) is 0 Å². The highest BCUT2D eigenvalue weighted by Crippen LogP contribution is 2.21. The van der Waals surface area contributed by atoms with Crippen LogP contribution in [0.5, 0.6) is 0 Å². The molecule has 17 amide bonds. The van der Waals surface area contributed by atoms with E-state index in [4.69, 9.17) is 63.1 Å². The Kier molecular flexibility index (Phi) is 73.7. The van der Waals surface area contributed by atoms with E-state index in [1.54, 1.807) is 0 Å². The van der Waals surface area contributed by atoms with Crippen LogP contribution in [-0.4, -0.2) is 262 Å². The quantitative estimate of drug-likeness (QED) is 0.0359. The van der Waals surface area contributed by atoms with Crippen molar-refractivity contribution in [2.45, 2.75) is 438 Å². The number of nitrogens with one attached hydrogen (secondary N) is 16. The van der Waals surface area contributed by atoms with Gasteiger partial charge in [0, 0.05) is 0 Å². The summed E-state index contributed by atoms with van der Waals surface area (Å²) in [5, 5.41) is 45.1. The molecule has 0 saturated carbocycles. The number of amides is 17. The van der Waals surface area contributed by atoms with Crippen molar-refractivity contribution >= 4 is 100 Å². The lowest BCUT2D eigenvalue weighted by Gasteiger charge is -2.30. The molecule has 0 aromatic carbocycles. The molecule has 17 atom stereocenters. The molecule has 0 aliphatic rings. The van der Waals surface area contributed by atoms with Crippen molar-refractivity contribution in [3.05, 3.63) is 0 Å². The first-order valence-electron chi connectivity index (χ1n) is 54.2. The second-order valence-corrected chi connectivity index (χ2v) is 42.6. The maximum atomic E-state index is 15.0. The maximum absolute atomic E-state index is 15.0. The fraction of sp³-hybridized carbons (Fsp3) is 0.833. The summed E-state index contributed by atoms with van der Waals surface area (Å²) in [6.45, 7) is 31.8. The molecule has 0 spiro atoms. The van der Waals surface area contributed by atoms with Crippen LogP contribution in [0.15, 0.2) is 0 Å². The Morgan fingerprint density at radius 3 is 0.377 bits per heavy atom. The van der Waals surface area contributed by atoms with Gasteiger partial charge in [-0.25, -0.2) is 0 Å². The van der Waals surface area contributed by atoms with Crippen molar-refractivity contribution in [1.29, 1.82) is 0 Å². The molecule has 0 fully saturated rings. The Morgan fingerprint density at radius 2 is 0.253 bits per heavy atom. The first-order chi connectivity index (χ1) is 69.0. The number of hydrogen-bond acceptors (Lipinski definition) is 27. The highest BCUT2D eigenvalue weighted by atomic mass is 16.2. The zero-order valence-electron chi connectivity index (χ0n) is 91.3. The summed E-state index contributed by atoms with van der Waals surface area (Å²) >= 11 is 0. The molecule has 0 aromatic heterocycles. The molecule has 38 N–H and O–H groups in total. The fourth-order valence-electron chi connectivity index (χ4n) is 16.7. The van der Waals surface area contributed by atoms with Crippen LogP contribution in [0.2, 0.25) is 0 Å². The van der Waals surface area contributed by atoms with Crippen LogP contribution in [0, 0.1) is 47.3 Å². The minimum Gasteiger partial charge on any atom is -0.368 e. The van der Waals surface area contributed by atoms with Gasteiger partial charge in [-0.05, 0) is 325 Å². The Balaban J connectivity index is 7.60. The van der Waals surface area contributed by atoms with Gasteiger partial charge in [0.15, 0.2) is 0 Å². The number of rotatable bonds is 85. The van der Waals surface area contributed by atoms with Gasteiger partial charge in [0.2, 0.25) is 100 Å². The Labute approximate surface area is 870 Å². The smallest absolute Gasteiger partial charge is 0.243 e. The molecular formula is C102H199N27O17. The van der Waals surface area contributed by atoms with E-state index in [1.165, 1.54) is 0 Å². The van der Waals surface area contributed by atoms with Gasteiger partial charge in [-0.2, -0.15) is 0 Å². The standard InChI is InChI=1S/C102H199N27O17/c1-61(2)53-78(95(139)114-70(86(113)130)36-18-27-45-104)126-99(143)83(58-66(11)12)123-92(136)75(41-23-32-50-109)116-88(132)73(39-21-30-48-107)120-97(141)80(55-63(5)6)128-101(145)85(60-68(15)16)125-94(138)77(43-25-34-52-111)118-90(134)74(40-22-31-49-108)121-98(142)81(56-64(7)8)129-102(146)84(59-67(13)14)124-93(137)76(42-24-33-51-110)117-89(133)72(38-20-29-47-106)119-96(140)79(54-62(3)4)127-100(144)82(57-65(9)10)122-91(135)71(37-19-28-46-105)115-87(131)69(112)35-17-26-44-103/h61-85H,17-60,103-112H2,1-16H3,(H2,113,130)(H,114,139)(H,115,131)(H,116,132)(H,117,133)(H,118,134)(H,119,140)(H,120,141)(H,121,142)(H,122,135)(H,123,136)(H,124,137)(H,125,138)(H,126,143)(H,127,144)(H,128,145)(H,129,146)/t69-,70-,71-,72-,73-,74-,75-,76-,77-,78-,79-,80-,81-,82-,83-,84-,85-/m0/s1. The van der Waals surface area contributed by atoms with Gasteiger partial charge >= 0.3 is 0 Å². The van der Waals surface area contributed by atoms with Crippen molar-refractivity contribution in [2.24, 2.45) is 110 Å². The molecule has 44 heteroatoms. The van der Waals surface area contributed by atoms with E-state index >= 15 is 19.2 Å². The number of primary amides is 1. The molecule has 0 heterocycles. The fourth-order valence-corrected chi connectivity index (χ4v) is 16.7. The SMILES string of the molecule is CC(C)C[C@H](NC(=O)[C@H](CC(C)C)NC(=O)[C@H](CCCCN)NC(=O)[C@H](CCCCN)NC(=O)[C@H](CC(C)C)NC(=O)[C@H](CC(C)C)NC(=O)[C@H](CCCCN)NC(=O)[C@H](CCCCN)NC(=O)[C@H](CC(C)C)NC(=O)[C@H](CC(C)C)NC(=O)[C@H](CCCCN)NC(=O)[C@H](CCCCN)NC(=O)[C@H](CC(C)C)NC(=O)[C@H](CC(C)C)NC(=O)[C@H](CCCCN)NC(=O)[C@@H](N)CCCCN)C(=O)N[C@@H](CCCCN)C(N)=O. The van der Waals surface area contributed by atoms with Gasteiger partial charge in [0.1, 0.15) is 96.7 Å². The normalized spacial score (nSPS) is 15.1. The molecule has 44 nitrogen and oxygen atoms in total. The molecule has 844 valence electrons. The number of nitrogens with two attached hydrogens (primary N) is 11. The predicted octanol–water partition coefficient (Wildman–Crippen LogP) is 0.0856. The summed E-state index contributed by atoms with van der Waals surface area (Å²) in [5.74, 6) is -14.2. The van der Waals surface area contributed by atoms with E-state index in [0.717, 1.165) is 0 Å². The number of hydrogen-bond donors (Lipinski definition) is 27. The van der Waals surface area contributed by atoms with Gasteiger partial charge in [0.05, 0.1) is 6.04 Å². The van der Waals surface area contributed by atoms with E-state index in [-0.39, 0.29) is 189 Å². The molecule has 0 saturated heterocycles. The third-order valence-electron chi connectivity index (χ3n) is 24.7.